The van der Waals surface area contributed by atoms with E-state index >= 15 is 0 Å². The van der Waals surface area contributed by atoms with Crippen molar-refractivity contribution in [2.24, 2.45) is 0 Å². The summed E-state index contributed by atoms with van der Waals surface area (Å²) in [6.45, 7) is -0.0585. The zero-order valence-electron chi connectivity index (χ0n) is 7.08. The first-order valence-electron chi connectivity index (χ1n) is 3.55. The third kappa shape index (κ3) is 2.44. The van der Waals surface area contributed by atoms with Crippen LogP contribution < -0.4 is 0 Å². The van der Waals surface area contributed by atoms with Gasteiger partial charge in [0.05, 0.1) is 11.8 Å². The molecule has 0 unspecified atom stereocenters. The van der Waals surface area contributed by atoms with E-state index in [9.17, 15) is 23.3 Å². The summed E-state index contributed by atoms with van der Waals surface area (Å²) in [5, 5.41) is 13.7. The molecule has 0 saturated heterocycles. The van der Waals surface area contributed by atoms with Gasteiger partial charge in [-0.2, -0.15) is 13.2 Å². The average molecular weight is 209 g/mol. The molecule has 0 N–H and O–H groups in total. The summed E-state index contributed by atoms with van der Waals surface area (Å²) in [6, 6.07) is 0.992. The zero-order chi connectivity index (χ0) is 10.9. The molecule has 8 heteroatoms. The lowest BCUT2D eigenvalue weighted by Gasteiger charge is -2.02. The lowest BCUT2D eigenvalue weighted by molar-refractivity contribution is -0.393. The minimum atomic E-state index is -4.51. The second-order valence-corrected chi connectivity index (χ2v) is 2.67. The van der Waals surface area contributed by atoms with Gasteiger partial charge in [-0.15, -0.1) is 4.68 Å². The molecule has 1 aromatic heterocycles. The highest BCUT2D eigenvalue weighted by molar-refractivity contribution is 5.22. The summed E-state index contributed by atoms with van der Waals surface area (Å²) in [5.41, 5.74) is 0.181. The van der Waals surface area contributed by atoms with Crippen molar-refractivity contribution in [1.82, 2.24) is 9.78 Å². The van der Waals surface area contributed by atoms with Crippen LogP contribution in [0.5, 0.6) is 0 Å². The standard InChI is InChI=1S/C6H6F3N3O2/c1-4-2-5(12(13)14)11(10-4)3-6(7,8)9/h2H,3H2,1H3. The SMILES string of the molecule is Cc1cc([N+](=O)[O-])n(CC(F)(F)F)n1. The fraction of sp³-hybridized carbons (Fsp3) is 0.500. The molecule has 0 spiro atoms. The fourth-order valence-electron chi connectivity index (χ4n) is 0.965. The molecule has 78 valence electrons. The highest BCUT2D eigenvalue weighted by Gasteiger charge is 2.34. The van der Waals surface area contributed by atoms with Gasteiger partial charge in [-0.3, -0.25) is 0 Å². The monoisotopic (exact) mass is 209 g/mol. The van der Waals surface area contributed by atoms with Gasteiger partial charge in [0.2, 0.25) is 6.54 Å². The summed E-state index contributed by atoms with van der Waals surface area (Å²) < 4.78 is 36.1. The number of nitrogens with zero attached hydrogens (tertiary/aromatic N) is 3. The Hall–Kier alpha value is -1.60. The average Bonchev–Trinajstić information content (AvgIpc) is 2.27. The van der Waals surface area contributed by atoms with Gasteiger partial charge in [0.15, 0.2) is 0 Å². The van der Waals surface area contributed by atoms with E-state index in [0.29, 0.717) is 4.68 Å². The van der Waals surface area contributed by atoms with Gasteiger partial charge in [0, 0.05) is 0 Å². The van der Waals surface area contributed by atoms with Crippen LogP contribution in [0.25, 0.3) is 0 Å². The smallest absolute Gasteiger partial charge is 0.358 e. The molecular weight excluding hydrogens is 203 g/mol. The van der Waals surface area contributed by atoms with Crippen LogP contribution in [-0.2, 0) is 6.54 Å². The molecule has 0 aromatic carbocycles. The molecule has 0 saturated carbocycles. The summed E-state index contributed by atoms with van der Waals surface area (Å²) in [7, 11) is 0. The van der Waals surface area contributed by atoms with E-state index in [1.165, 1.54) is 6.92 Å². The van der Waals surface area contributed by atoms with Crippen molar-refractivity contribution >= 4 is 5.82 Å². The van der Waals surface area contributed by atoms with E-state index in [4.69, 9.17) is 0 Å². The van der Waals surface area contributed by atoms with Crippen LogP contribution in [0.4, 0.5) is 19.0 Å². The highest BCUT2D eigenvalue weighted by atomic mass is 19.4. The summed E-state index contributed by atoms with van der Waals surface area (Å²) in [6.07, 6.45) is -4.51. The third-order valence-electron chi connectivity index (χ3n) is 1.40. The predicted octanol–water partition coefficient (Wildman–Crippen LogP) is 1.66. The van der Waals surface area contributed by atoms with Crippen molar-refractivity contribution < 1.29 is 18.1 Å². The maximum atomic E-state index is 11.9. The molecule has 0 radical (unpaired) electrons. The molecule has 0 atom stereocenters. The number of nitro groups is 1. The van der Waals surface area contributed by atoms with Gasteiger partial charge in [-0.05, 0) is 11.8 Å². The molecule has 0 aliphatic carbocycles. The Morgan fingerprint density at radius 3 is 2.64 bits per heavy atom. The van der Waals surface area contributed by atoms with Crippen LogP contribution in [0.1, 0.15) is 5.69 Å². The Morgan fingerprint density at radius 2 is 2.21 bits per heavy atom. The number of aromatic nitrogens is 2. The lowest BCUT2D eigenvalue weighted by atomic mass is 10.5. The lowest BCUT2D eigenvalue weighted by Crippen LogP contribution is -2.19. The van der Waals surface area contributed by atoms with Crippen molar-refractivity contribution in [2.45, 2.75) is 19.6 Å². The topological polar surface area (TPSA) is 61.0 Å². The van der Waals surface area contributed by atoms with Crippen molar-refractivity contribution in [3.63, 3.8) is 0 Å². The fourth-order valence-corrected chi connectivity index (χ4v) is 0.965. The molecule has 14 heavy (non-hydrogen) atoms. The van der Waals surface area contributed by atoms with Crippen LogP contribution >= 0.6 is 0 Å². The van der Waals surface area contributed by atoms with Crippen molar-refractivity contribution in [2.75, 3.05) is 0 Å². The maximum absolute atomic E-state index is 11.9. The number of aryl methyl sites for hydroxylation is 1. The number of halogens is 3. The van der Waals surface area contributed by atoms with E-state index in [1.54, 1.807) is 0 Å². The second kappa shape index (κ2) is 3.28. The molecular formula is C6H6F3N3O2. The predicted molar refractivity (Wildman–Crippen MR) is 39.7 cm³/mol. The number of hydrogen-bond acceptors (Lipinski definition) is 3. The summed E-state index contributed by atoms with van der Waals surface area (Å²) in [4.78, 5) is 9.40. The minimum absolute atomic E-state index is 0.181. The Labute approximate surface area is 76.3 Å². The third-order valence-corrected chi connectivity index (χ3v) is 1.40. The molecule has 0 aliphatic rings. The van der Waals surface area contributed by atoms with Gasteiger partial charge in [-0.25, -0.2) is 0 Å². The zero-order valence-corrected chi connectivity index (χ0v) is 7.08. The van der Waals surface area contributed by atoms with Crippen LogP contribution in [0, 0.1) is 17.0 Å². The Balaban J connectivity index is 3.02. The van der Waals surface area contributed by atoms with Gasteiger partial charge in [-0.1, -0.05) is 5.10 Å². The van der Waals surface area contributed by atoms with Gasteiger partial charge in [0.25, 0.3) is 0 Å². The first-order valence-corrected chi connectivity index (χ1v) is 3.55. The van der Waals surface area contributed by atoms with Crippen molar-refractivity contribution in [3.8, 4) is 0 Å². The molecule has 1 rings (SSSR count). The van der Waals surface area contributed by atoms with E-state index in [2.05, 4.69) is 5.10 Å². The maximum Gasteiger partial charge on any atom is 0.428 e. The summed E-state index contributed by atoms with van der Waals surface area (Å²) in [5.74, 6) is -0.653. The first-order chi connectivity index (χ1) is 6.29. The molecule has 1 heterocycles. The summed E-state index contributed by atoms with van der Waals surface area (Å²) >= 11 is 0. The van der Waals surface area contributed by atoms with Gasteiger partial charge in [0.1, 0.15) is 0 Å². The van der Waals surface area contributed by atoms with Crippen LogP contribution in [0.15, 0.2) is 6.07 Å². The van der Waals surface area contributed by atoms with Crippen LogP contribution in [0.2, 0.25) is 0 Å². The molecule has 0 aliphatic heterocycles. The Kier molecular flexibility index (Phi) is 2.45. The van der Waals surface area contributed by atoms with Crippen LogP contribution in [0.3, 0.4) is 0 Å². The quantitative estimate of drug-likeness (QED) is 0.549. The van der Waals surface area contributed by atoms with Crippen LogP contribution in [-0.4, -0.2) is 20.9 Å². The molecule has 0 amide bonds. The number of hydrogen-bond donors (Lipinski definition) is 0. The van der Waals surface area contributed by atoms with Gasteiger partial charge >= 0.3 is 12.0 Å². The largest absolute Gasteiger partial charge is 0.428 e. The number of rotatable bonds is 2. The van der Waals surface area contributed by atoms with E-state index in [1.807, 2.05) is 0 Å². The second-order valence-electron chi connectivity index (χ2n) is 2.67. The van der Waals surface area contributed by atoms with E-state index in [0.717, 1.165) is 6.07 Å². The Bertz CT molecular complexity index is 358. The Morgan fingerprint density at radius 1 is 1.64 bits per heavy atom. The minimum Gasteiger partial charge on any atom is -0.358 e. The molecule has 0 fully saturated rings. The molecule has 1 aromatic rings. The van der Waals surface area contributed by atoms with Crippen molar-refractivity contribution in [1.29, 1.82) is 0 Å². The highest BCUT2D eigenvalue weighted by Crippen LogP contribution is 2.21. The van der Waals surface area contributed by atoms with E-state index in [-0.39, 0.29) is 5.69 Å². The normalized spacial score (nSPS) is 11.7. The number of alkyl halides is 3. The first kappa shape index (κ1) is 10.5. The van der Waals surface area contributed by atoms with Crippen molar-refractivity contribution in [3.05, 3.63) is 21.9 Å². The van der Waals surface area contributed by atoms with E-state index < -0.39 is 23.5 Å². The molecule has 5 nitrogen and oxygen atoms in total. The molecule has 0 bridgehead atoms. The van der Waals surface area contributed by atoms with Gasteiger partial charge < -0.3 is 10.1 Å².